The summed E-state index contributed by atoms with van der Waals surface area (Å²) >= 11 is 6.29. The Labute approximate surface area is 140 Å². The van der Waals surface area contributed by atoms with Crippen LogP contribution in [-0.2, 0) is 0 Å². The highest BCUT2D eigenvalue weighted by molar-refractivity contribution is 6.31. The number of halogens is 1. The number of fused-ring (bicyclic) bond motifs is 1. The van der Waals surface area contributed by atoms with Crippen LogP contribution in [-0.4, -0.2) is 30.7 Å². The number of rotatable bonds is 2. The van der Waals surface area contributed by atoms with E-state index in [2.05, 4.69) is 34.3 Å². The summed E-state index contributed by atoms with van der Waals surface area (Å²) in [6.45, 7) is 4.94. The van der Waals surface area contributed by atoms with Crippen molar-refractivity contribution in [3.05, 3.63) is 47.5 Å². The lowest BCUT2D eigenvalue weighted by atomic mass is 10.1. The average Bonchev–Trinajstić information content (AvgIpc) is 2.99. The van der Waals surface area contributed by atoms with Gasteiger partial charge in [0.05, 0.1) is 0 Å². The summed E-state index contributed by atoms with van der Waals surface area (Å²) in [5, 5.41) is 4.05. The van der Waals surface area contributed by atoms with E-state index in [0.717, 1.165) is 41.9 Å². The molecule has 0 amide bonds. The topological polar surface area (TPSA) is 41.3 Å². The maximum Gasteiger partial charge on any atom is 0.298 e. The number of piperazine rings is 1. The molecule has 23 heavy (non-hydrogen) atoms. The van der Waals surface area contributed by atoms with E-state index in [1.807, 2.05) is 30.3 Å². The van der Waals surface area contributed by atoms with Crippen LogP contribution in [0.5, 0.6) is 0 Å². The molecule has 2 aromatic carbocycles. The van der Waals surface area contributed by atoms with E-state index in [4.69, 9.17) is 16.0 Å². The summed E-state index contributed by atoms with van der Waals surface area (Å²) in [6.07, 6.45) is 0. The Kier molecular flexibility index (Phi) is 3.71. The molecule has 118 valence electrons. The summed E-state index contributed by atoms with van der Waals surface area (Å²) in [6, 6.07) is 15.0. The van der Waals surface area contributed by atoms with Gasteiger partial charge in [-0.15, -0.1) is 0 Å². The van der Waals surface area contributed by atoms with Gasteiger partial charge in [0.2, 0.25) is 0 Å². The molecular formula is C18H18ClN3O. The van der Waals surface area contributed by atoms with Gasteiger partial charge in [0.25, 0.3) is 6.01 Å². The first-order valence-corrected chi connectivity index (χ1v) is 8.23. The third-order valence-electron chi connectivity index (χ3n) is 4.28. The van der Waals surface area contributed by atoms with Crippen molar-refractivity contribution in [1.82, 2.24) is 10.3 Å². The Morgan fingerprint density at radius 3 is 2.87 bits per heavy atom. The Morgan fingerprint density at radius 1 is 1.26 bits per heavy atom. The minimum Gasteiger partial charge on any atom is -0.423 e. The predicted octanol–water partition coefficient (Wildman–Crippen LogP) is 3.95. The average molecular weight is 328 g/mol. The van der Waals surface area contributed by atoms with Gasteiger partial charge in [-0.2, -0.15) is 4.98 Å². The first-order chi connectivity index (χ1) is 11.2. The number of oxazole rings is 1. The lowest BCUT2D eigenvalue weighted by molar-refractivity contribution is 0.456. The minimum atomic E-state index is 0.354. The largest absolute Gasteiger partial charge is 0.423 e. The van der Waals surface area contributed by atoms with Crippen molar-refractivity contribution in [3.63, 3.8) is 0 Å². The van der Waals surface area contributed by atoms with Gasteiger partial charge in [0.1, 0.15) is 5.52 Å². The maximum absolute atomic E-state index is 6.29. The van der Waals surface area contributed by atoms with Crippen molar-refractivity contribution in [3.8, 4) is 11.1 Å². The second-order valence-corrected chi connectivity index (χ2v) is 6.35. The molecule has 1 saturated heterocycles. The van der Waals surface area contributed by atoms with E-state index < -0.39 is 0 Å². The quantitative estimate of drug-likeness (QED) is 0.774. The molecule has 0 spiro atoms. The number of nitrogens with zero attached hydrogens (tertiary/aromatic N) is 2. The molecule has 4 rings (SSSR count). The molecule has 1 aliphatic heterocycles. The van der Waals surface area contributed by atoms with Crippen LogP contribution in [0.1, 0.15) is 6.92 Å². The molecule has 1 atom stereocenters. The second-order valence-electron chi connectivity index (χ2n) is 5.91. The number of anilines is 1. The Morgan fingerprint density at radius 2 is 2.09 bits per heavy atom. The smallest absolute Gasteiger partial charge is 0.298 e. The standard InChI is InChI=1S/C18H18ClN3O/c1-12-11-20-7-8-22(12)18-21-16-10-14(19)9-15(17(16)23-18)13-5-3-2-4-6-13/h2-6,9-10,12,20H,7-8,11H2,1H3. The number of benzene rings is 2. The van der Waals surface area contributed by atoms with Crippen LogP contribution in [0.15, 0.2) is 46.9 Å². The van der Waals surface area contributed by atoms with Crippen LogP contribution in [0.4, 0.5) is 6.01 Å². The molecule has 0 aliphatic carbocycles. The molecule has 4 nitrogen and oxygen atoms in total. The molecule has 1 unspecified atom stereocenters. The van der Waals surface area contributed by atoms with Gasteiger partial charge in [-0.05, 0) is 24.6 Å². The zero-order valence-corrected chi connectivity index (χ0v) is 13.7. The highest BCUT2D eigenvalue weighted by Crippen LogP contribution is 2.35. The first-order valence-electron chi connectivity index (χ1n) is 7.85. The van der Waals surface area contributed by atoms with Gasteiger partial charge in [-0.3, -0.25) is 0 Å². The summed E-state index contributed by atoms with van der Waals surface area (Å²) in [5.74, 6) is 0. The Balaban J connectivity index is 1.85. The number of nitrogens with one attached hydrogen (secondary N) is 1. The molecule has 5 heteroatoms. The maximum atomic E-state index is 6.29. The number of aromatic nitrogens is 1. The number of hydrogen-bond donors (Lipinski definition) is 1. The van der Waals surface area contributed by atoms with Crippen molar-refractivity contribution in [2.24, 2.45) is 0 Å². The van der Waals surface area contributed by atoms with Gasteiger partial charge in [0.15, 0.2) is 5.58 Å². The summed E-state index contributed by atoms with van der Waals surface area (Å²) in [5.41, 5.74) is 3.66. The van der Waals surface area contributed by atoms with Crippen molar-refractivity contribution in [2.45, 2.75) is 13.0 Å². The summed E-state index contributed by atoms with van der Waals surface area (Å²) in [4.78, 5) is 6.89. The minimum absolute atomic E-state index is 0.354. The van der Waals surface area contributed by atoms with E-state index in [1.165, 1.54) is 0 Å². The van der Waals surface area contributed by atoms with Crippen molar-refractivity contribution >= 4 is 28.7 Å². The van der Waals surface area contributed by atoms with Crippen LogP contribution >= 0.6 is 11.6 Å². The fourth-order valence-electron chi connectivity index (χ4n) is 3.07. The third-order valence-corrected chi connectivity index (χ3v) is 4.49. The van der Waals surface area contributed by atoms with Crippen LogP contribution in [0, 0.1) is 0 Å². The van der Waals surface area contributed by atoms with Gasteiger partial charge < -0.3 is 14.6 Å². The predicted molar refractivity (Wildman–Crippen MR) is 94.1 cm³/mol. The Bertz CT molecular complexity index is 831. The highest BCUT2D eigenvalue weighted by Gasteiger charge is 2.23. The molecule has 1 N–H and O–H groups in total. The van der Waals surface area contributed by atoms with E-state index in [1.54, 1.807) is 0 Å². The molecule has 0 saturated carbocycles. The van der Waals surface area contributed by atoms with Crippen molar-refractivity contribution in [2.75, 3.05) is 24.5 Å². The zero-order chi connectivity index (χ0) is 15.8. The van der Waals surface area contributed by atoms with Gasteiger partial charge in [-0.25, -0.2) is 0 Å². The molecular weight excluding hydrogens is 310 g/mol. The van der Waals surface area contributed by atoms with E-state index >= 15 is 0 Å². The Hall–Kier alpha value is -2.04. The fraction of sp³-hybridized carbons (Fsp3) is 0.278. The van der Waals surface area contributed by atoms with Gasteiger partial charge in [0, 0.05) is 36.3 Å². The lowest BCUT2D eigenvalue weighted by Crippen LogP contribution is -2.50. The SMILES string of the molecule is CC1CNCCN1c1nc2cc(Cl)cc(-c3ccccc3)c2o1. The van der Waals surface area contributed by atoms with Crippen LogP contribution in [0.2, 0.25) is 5.02 Å². The second kappa shape index (κ2) is 5.87. The zero-order valence-electron chi connectivity index (χ0n) is 12.9. The van der Waals surface area contributed by atoms with E-state index in [9.17, 15) is 0 Å². The van der Waals surface area contributed by atoms with E-state index in [-0.39, 0.29) is 0 Å². The van der Waals surface area contributed by atoms with Crippen molar-refractivity contribution < 1.29 is 4.42 Å². The normalized spacial score (nSPS) is 18.5. The molecule has 1 aliphatic rings. The molecule has 2 heterocycles. The van der Waals surface area contributed by atoms with Crippen LogP contribution in [0.3, 0.4) is 0 Å². The lowest BCUT2D eigenvalue weighted by Gasteiger charge is -2.32. The molecule has 3 aromatic rings. The van der Waals surface area contributed by atoms with Gasteiger partial charge >= 0.3 is 0 Å². The molecule has 0 radical (unpaired) electrons. The third kappa shape index (κ3) is 2.69. The summed E-state index contributed by atoms with van der Waals surface area (Å²) in [7, 11) is 0. The summed E-state index contributed by atoms with van der Waals surface area (Å²) < 4.78 is 6.15. The van der Waals surface area contributed by atoms with Gasteiger partial charge in [-0.1, -0.05) is 41.9 Å². The molecule has 1 aromatic heterocycles. The molecule has 0 bridgehead atoms. The highest BCUT2D eigenvalue weighted by atomic mass is 35.5. The fourth-order valence-corrected chi connectivity index (χ4v) is 3.28. The van der Waals surface area contributed by atoms with E-state index in [0.29, 0.717) is 17.1 Å². The van der Waals surface area contributed by atoms with Crippen LogP contribution in [0.25, 0.3) is 22.2 Å². The first kappa shape index (κ1) is 14.5. The monoisotopic (exact) mass is 327 g/mol. The van der Waals surface area contributed by atoms with Crippen LogP contribution < -0.4 is 10.2 Å². The molecule has 1 fully saturated rings. The van der Waals surface area contributed by atoms with Crippen molar-refractivity contribution in [1.29, 1.82) is 0 Å². The number of hydrogen-bond acceptors (Lipinski definition) is 4.